The van der Waals surface area contributed by atoms with Crippen molar-refractivity contribution in [2.45, 2.75) is 38.1 Å². The summed E-state index contributed by atoms with van der Waals surface area (Å²) in [6.45, 7) is 0.745. The SMILES string of the molecule is O=C(c1ccccc1Cl)N(CCBr)C1CCCCC1. The average Bonchev–Trinajstić information content (AvgIpc) is 2.45. The predicted molar refractivity (Wildman–Crippen MR) is 83.2 cm³/mol. The molecule has 2 rings (SSSR count). The third kappa shape index (κ3) is 3.73. The Morgan fingerprint density at radius 3 is 2.58 bits per heavy atom. The minimum Gasteiger partial charge on any atom is -0.335 e. The monoisotopic (exact) mass is 343 g/mol. The number of alkyl halides is 1. The van der Waals surface area contributed by atoms with Crippen LogP contribution >= 0.6 is 27.5 Å². The van der Waals surface area contributed by atoms with Crippen LogP contribution in [0.5, 0.6) is 0 Å². The lowest BCUT2D eigenvalue weighted by atomic mass is 9.93. The van der Waals surface area contributed by atoms with Gasteiger partial charge in [0.15, 0.2) is 0 Å². The number of halogens is 2. The highest BCUT2D eigenvalue weighted by molar-refractivity contribution is 9.09. The fourth-order valence-electron chi connectivity index (χ4n) is 2.72. The topological polar surface area (TPSA) is 20.3 Å². The molecule has 1 aromatic rings. The van der Waals surface area contributed by atoms with Crippen LogP contribution in [0.25, 0.3) is 0 Å². The summed E-state index contributed by atoms with van der Waals surface area (Å²) in [5.74, 6) is 0.0666. The lowest BCUT2D eigenvalue weighted by molar-refractivity contribution is 0.0651. The summed E-state index contributed by atoms with van der Waals surface area (Å²) in [5.41, 5.74) is 0.621. The van der Waals surface area contributed by atoms with E-state index in [1.165, 1.54) is 19.3 Å². The maximum Gasteiger partial charge on any atom is 0.255 e. The fourth-order valence-corrected chi connectivity index (χ4v) is 3.32. The molecule has 4 heteroatoms. The number of carbonyl (C=O) groups is 1. The molecule has 0 unspecified atom stereocenters. The van der Waals surface area contributed by atoms with Gasteiger partial charge >= 0.3 is 0 Å². The number of hydrogen-bond acceptors (Lipinski definition) is 1. The van der Waals surface area contributed by atoms with Crippen LogP contribution < -0.4 is 0 Å². The molecule has 1 aliphatic rings. The maximum absolute atomic E-state index is 12.7. The summed E-state index contributed by atoms with van der Waals surface area (Å²) in [6.07, 6.45) is 5.96. The maximum atomic E-state index is 12.7. The highest BCUT2D eigenvalue weighted by Gasteiger charge is 2.26. The lowest BCUT2D eigenvalue weighted by Crippen LogP contribution is -2.42. The summed E-state index contributed by atoms with van der Waals surface area (Å²) in [5, 5.41) is 1.35. The van der Waals surface area contributed by atoms with Crippen molar-refractivity contribution in [3.63, 3.8) is 0 Å². The van der Waals surface area contributed by atoms with E-state index in [1.807, 2.05) is 23.1 Å². The van der Waals surface area contributed by atoms with Crippen LogP contribution in [-0.2, 0) is 0 Å². The van der Waals surface area contributed by atoms with E-state index in [-0.39, 0.29) is 5.91 Å². The van der Waals surface area contributed by atoms with E-state index in [9.17, 15) is 4.79 Å². The van der Waals surface area contributed by atoms with Crippen LogP contribution in [0.2, 0.25) is 5.02 Å². The smallest absolute Gasteiger partial charge is 0.255 e. The molecule has 2 nitrogen and oxygen atoms in total. The van der Waals surface area contributed by atoms with Gasteiger partial charge in [-0.1, -0.05) is 58.9 Å². The first-order valence-electron chi connectivity index (χ1n) is 6.85. The van der Waals surface area contributed by atoms with E-state index >= 15 is 0 Å². The molecule has 0 atom stereocenters. The van der Waals surface area contributed by atoms with Gasteiger partial charge in [0.1, 0.15) is 0 Å². The molecule has 0 aromatic heterocycles. The molecule has 0 saturated heterocycles. The molecule has 1 amide bonds. The van der Waals surface area contributed by atoms with Gasteiger partial charge in [-0.15, -0.1) is 0 Å². The summed E-state index contributed by atoms with van der Waals surface area (Å²) < 4.78 is 0. The largest absolute Gasteiger partial charge is 0.335 e. The summed E-state index contributed by atoms with van der Waals surface area (Å²) in [7, 11) is 0. The van der Waals surface area contributed by atoms with E-state index in [1.54, 1.807) is 6.07 Å². The highest BCUT2D eigenvalue weighted by atomic mass is 79.9. The summed E-state index contributed by atoms with van der Waals surface area (Å²) >= 11 is 9.59. The number of benzene rings is 1. The second-order valence-corrected chi connectivity index (χ2v) is 6.16. The third-order valence-electron chi connectivity index (χ3n) is 3.71. The highest BCUT2D eigenvalue weighted by Crippen LogP contribution is 2.26. The predicted octanol–water partition coefficient (Wildman–Crippen LogP) is 4.51. The van der Waals surface area contributed by atoms with Crippen LogP contribution in [0, 0.1) is 0 Å². The van der Waals surface area contributed by atoms with Crippen LogP contribution in [0.1, 0.15) is 42.5 Å². The Morgan fingerprint density at radius 2 is 1.95 bits per heavy atom. The minimum absolute atomic E-state index is 0.0666. The van der Waals surface area contributed by atoms with Crippen LogP contribution in [0.4, 0.5) is 0 Å². The number of carbonyl (C=O) groups excluding carboxylic acids is 1. The number of hydrogen-bond donors (Lipinski definition) is 0. The van der Waals surface area contributed by atoms with E-state index in [2.05, 4.69) is 15.9 Å². The van der Waals surface area contributed by atoms with Crippen molar-refractivity contribution in [1.82, 2.24) is 4.90 Å². The van der Waals surface area contributed by atoms with E-state index < -0.39 is 0 Å². The van der Waals surface area contributed by atoms with Crippen molar-refractivity contribution in [2.24, 2.45) is 0 Å². The number of amides is 1. The van der Waals surface area contributed by atoms with Crippen LogP contribution in [0.3, 0.4) is 0 Å². The first-order chi connectivity index (χ1) is 9.24. The Morgan fingerprint density at radius 1 is 1.26 bits per heavy atom. The quantitative estimate of drug-likeness (QED) is 0.736. The average molecular weight is 345 g/mol. The van der Waals surface area contributed by atoms with E-state index in [0.29, 0.717) is 16.6 Å². The van der Waals surface area contributed by atoms with Gasteiger partial charge in [0.2, 0.25) is 0 Å². The van der Waals surface area contributed by atoms with Crippen molar-refractivity contribution in [1.29, 1.82) is 0 Å². The molecule has 0 N–H and O–H groups in total. The molecule has 0 heterocycles. The van der Waals surface area contributed by atoms with Crippen molar-refractivity contribution in [3.8, 4) is 0 Å². The van der Waals surface area contributed by atoms with Gasteiger partial charge in [0.25, 0.3) is 5.91 Å². The van der Waals surface area contributed by atoms with Crippen LogP contribution in [0.15, 0.2) is 24.3 Å². The molecule has 1 aromatic carbocycles. The van der Waals surface area contributed by atoms with Crippen molar-refractivity contribution < 1.29 is 4.79 Å². The Kier molecular flexibility index (Phi) is 5.71. The zero-order valence-corrected chi connectivity index (χ0v) is 13.3. The zero-order valence-electron chi connectivity index (χ0n) is 10.9. The molecule has 0 aliphatic heterocycles. The van der Waals surface area contributed by atoms with Crippen molar-refractivity contribution in [3.05, 3.63) is 34.9 Å². The first-order valence-corrected chi connectivity index (χ1v) is 8.35. The fraction of sp³-hybridized carbons (Fsp3) is 0.533. The molecule has 104 valence electrons. The van der Waals surface area contributed by atoms with Gasteiger partial charge in [-0.05, 0) is 25.0 Å². The van der Waals surface area contributed by atoms with Gasteiger partial charge < -0.3 is 4.90 Å². The molecule has 1 saturated carbocycles. The van der Waals surface area contributed by atoms with Crippen molar-refractivity contribution in [2.75, 3.05) is 11.9 Å². The lowest BCUT2D eigenvalue weighted by Gasteiger charge is -2.34. The Bertz CT molecular complexity index is 432. The molecule has 1 fully saturated rings. The van der Waals surface area contributed by atoms with E-state index in [4.69, 9.17) is 11.6 Å². The minimum atomic E-state index is 0.0666. The standard InChI is InChI=1S/C15H19BrClNO/c16-10-11-18(12-6-2-1-3-7-12)15(19)13-8-4-5-9-14(13)17/h4-5,8-9,12H,1-3,6-7,10-11H2. The summed E-state index contributed by atoms with van der Waals surface area (Å²) in [4.78, 5) is 14.7. The molecule has 1 aliphatic carbocycles. The Hall–Kier alpha value is -0.540. The molecule has 0 radical (unpaired) electrons. The van der Waals surface area contributed by atoms with Crippen LogP contribution in [-0.4, -0.2) is 28.7 Å². The van der Waals surface area contributed by atoms with E-state index in [0.717, 1.165) is 24.7 Å². The molecular weight excluding hydrogens is 326 g/mol. The normalized spacial score (nSPS) is 16.3. The zero-order chi connectivity index (χ0) is 13.7. The van der Waals surface area contributed by atoms with Gasteiger partial charge in [-0.25, -0.2) is 0 Å². The molecule has 19 heavy (non-hydrogen) atoms. The molecule has 0 bridgehead atoms. The molecule has 0 spiro atoms. The van der Waals surface area contributed by atoms with Crippen molar-refractivity contribution >= 4 is 33.4 Å². The molecular formula is C15H19BrClNO. The second-order valence-electron chi connectivity index (χ2n) is 4.96. The Labute approximate surface area is 128 Å². The number of nitrogens with zero attached hydrogens (tertiary/aromatic N) is 1. The van der Waals surface area contributed by atoms with Gasteiger partial charge in [0.05, 0.1) is 10.6 Å². The first kappa shape index (κ1) is 14.9. The Balaban J connectivity index is 2.18. The summed E-state index contributed by atoms with van der Waals surface area (Å²) in [6, 6.07) is 7.69. The van der Waals surface area contributed by atoms with Gasteiger partial charge in [-0.3, -0.25) is 4.79 Å². The number of rotatable bonds is 4. The third-order valence-corrected chi connectivity index (χ3v) is 4.39. The van der Waals surface area contributed by atoms with Gasteiger partial charge in [-0.2, -0.15) is 0 Å². The van der Waals surface area contributed by atoms with Gasteiger partial charge in [0, 0.05) is 17.9 Å². The second kappa shape index (κ2) is 7.30.